The van der Waals surface area contributed by atoms with Crippen molar-refractivity contribution >= 4 is 5.96 Å². The second-order valence-electron chi connectivity index (χ2n) is 4.05. The van der Waals surface area contributed by atoms with Crippen LogP contribution in [0.1, 0.15) is 39.0 Å². The second kappa shape index (κ2) is 5.86. The van der Waals surface area contributed by atoms with Crippen LogP contribution >= 0.6 is 0 Å². The minimum atomic E-state index is -0.415. The molecule has 82 valence electrons. The van der Waals surface area contributed by atoms with Crippen LogP contribution in [0.4, 0.5) is 0 Å². The predicted molar refractivity (Wildman–Crippen MR) is 58.2 cm³/mol. The number of guanidine groups is 1. The lowest BCUT2D eigenvalue weighted by Gasteiger charge is -2.23. The molecular weight excluding hydrogens is 178 g/mol. The van der Waals surface area contributed by atoms with Crippen LogP contribution in [-0.2, 0) is 0 Å². The summed E-state index contributed by atoms with van der Waals surface area (Å²) in [6.07, 6.45) is 5.85. The maximum Gasteiger partial charge on any atom is 0.188 e. The van der Waals surface area contributed by atoms with Crippen molar-refractivity contribution in [1.82, 2.24) is 5.32 Å². The van der Waals surface area contributed by atoms with E-state index in [1.807, 2.05) is 0 Å². The van der Waals surface area contributed by atoms with Crippen molar-refractivity contribution in [2.45, 2.75) is 51.2 Å². The summed E-state index contributed by atoms with van der Waals surface area (Å²) in [4.78, 5) is 4.05. The number of hydrogen-bond donors (Lipinski definition) is 3. The highest BCUT2D eigenvalue weighted by Gasteiger charge is 2.13. The number of nitrogens with two attached hydrogens (primary N) is 1. The maximum atomic E-state index is 9.02. The molecule has 0 aromatic heterocycles. The molecule has 0 amide bonds. The zero-order valence-electron chi connectivity index (χ0n) is 8.87. The third kappa shape index (κ3) is 4.46. The third-order valence-electron chi connectivity index (χ3n) is 2.48. The molecule has 0 heterocycles. The van der Waals surface area contributed by atoms with Gasteiger partial charge in [-0.1, -0.05) is 19.3 Å². The Labute approximate surface area is 85.6 Å². The van der Waals surface area contributed by atoms with Crippen LogP contribution in [0.5, 0.6) is 0 Å². The largest absolute Gasteiger partial charge is 0.391 e. The molecule has 0 aliphatic heterocycles. The van der Waals surface area contributed by atoms with Gasteiger partial charge in [0.05, 0.1) is 12.6 Å². The first-order valence-corrected chi connectivity index (χ1v) is 5.43. The molecule has 1 saturated carbocycles. The Hall–Kier alpha value is -0.770. The Morgan fingerprint density at radius 3 is 2.71 bits per heavy atom. The van der Waals surface area contributed by atoms with E-state index in [-0.39, 0.29) is 0 Å². The van der Waals surface area contributed by atoms with Crippen LogP contribution in [0.25, 0.3) is 0 Å². The van der Waals surface area contributed by atoms with Crippen molar-refractivity contribution in [2.75, 3.05) is 6.54 Å². The van der Waals surface area contributed by atoms with Gasteiger partial charge in [-0.25, -0.2) is 0 Å². The standard InChI is InChI=1S/C10H21N3O/c1-8(14)7-12-10(11)13-9-5-3-2-4-6-9/h8-9,14H,2-7H2,1H3,(H3,11,12,13). The summed E-state index contributed by atoms with van der Waals surface area (Å²) in [5.41, 5.74) is 5.68. The van der Waals surface area contributed by atoms with Gasteiger partial charge in [-0.2, -0.15) is 0 Å². The normalized spacial score (nSPS) is 22.0. The SMILES string of the molecule is CC(O)CN=C(N)NC1CCCCC1. The zero-order chi connectivity index (χ0) is 10.4. The van der Waals surface area contributed by atoms with Crippen LogP contribution in [-0.4, -0.2) is 29.8 Å². The molecule has 14 heavy (non-hydrogen) atoms. The number of hydrogen-bond acceptors (Lipinski definition) is 2. The van der Waals surface area contributed by atoms with E-state index in [1.165, 1.54) is 32.1 Å². The summed E-state index contributed by atoms with van der Waals surface area (Å²) < 4.78 is 0. The molecule has 1 rings (SSSR count). The Kier molecular flexibility index (Phi) is 4.73. The fraction of sp³-hybridized carbons (Fsp3) is 0.900. The molecule has 4 heteroatoms. The van der Waals surface area contributed by atoms with Gasteiger partial charge in [0.15, 0.2) is 5.96 Å². The lowest BCUT2D eigenvalue weighted by molar-refractivity contribution is 0.204. The van der Waals surface area contributed by atoms with Gasteiger partial charge < -0.3 is 16.2 Å². The fourth-order valence-corrected chi connectivity index (χ4v) is 1.73. The Morgan fingerprint density at radius 2 is 2.14 bits per heavy atom. The molecule has 1 aliphatic rings. The van der Waals surface area contributed by atoms with Gasteiger partial charge in [0.2, 0.25) is 0 Å². The van der Waals surface area contributed by atoms with Gasteiger partial charge in [0.25, 0.3) is 0 Å². The quantitative estimate of drug-likeness (QED) is 0.460. The summed E-state index contributed by atoms with van der Waals surface area (Å²) in [5.74, 6) is 0.470. The molecular formula is C10H21N3O. The number of aliphatic hydroxyl groups is 1. The summed E-state index contributed by atoms with van der Waals surface area (Å²) in [5, 5.41) is 12.2. The van der Waals surface area contributed by atoms with Crippen molar-refractivity contribution < 1.29 is 5.11 Å². The van der Waals surface area contributed by atoms with Crippen LogP contribution in [0.3, 0.4) is 0 Å². The number of nitrogens with zero attached hydrogens (tertiary/aromatic N) is 1. The topological polar surface area (TPSA) is 70.6 Å². The van der Waals surface area contributed by atoms with Gasteiger partial charge >= 0.3 is 0 Å². The molecule has 0 aromatic carbocycles. The second-order valence-corrected chi connectivity index (χ2v) is 4.05. The van der Waals surface area contributed by atoms with Crippen molar-refractivity contribution in [3.8, 4) is 0 Å². The molecule has 0 spiro atoms. The lowest BCUT2D eigenvalue weighted by atomic mass is 9.96. The highest BCUT2D eigenvalue weighted by atomic mass is 16.3. The van der Waals surface area contributed by atoms with Gasteiger partial charge in [-0.3, -0.25) is 4.99 Å². The van der Waals surface area contributed by atoms with Crippen LogP contribution < -0.4 is 11.1 Å². The highest BCUT2D eigenvalue weighted by molar-refractivity contribution is 5.78. The van der Waals surface area contributed by atoms with Crippen LogP contribution in [0.15, 0.2) is 4.99 Å². The van der Waals surface area contributed by atoms with E-state index in [9.17, 15) is 0 Å². The summed E-state index contributed by atoms with van der Waals surface area (Å²) in [7, 11) is 0. The van der Waals surface area contributed by atoms with E-state index < -0.39 is 6.10 Å². The third-order valence-corrected chi connectivity index (χ3v) is 2.48. The maximum absolute atomic E-state index is 9.02. The van der Waals surface area contributed by atoms with E-state index >= 15 is 0 Å². The zero-order valence-corrected chi connectivity index (χ0v) is 8.87. The van der Waals surface area contributed by atoms with E-state index in [2.05, 4.69) is 10.3 Å². The first-order valence-electron chi connectivity index (χ1n) is 5.43. The molecule has 1 fully saturated rings. The van der Waals surface area contributed by atoms with Crippen LogP contribution in [0.2, 0.25) is 0 Å². The summed E-state index contributed by atoms with van der Waals surface area (Å²) >= 11 is 0. The number of aliphatic hydroxyl groups excluding tert-OH is 1. The number of aliphatic imine (C=N–C) groups is 1. The van der Waals surface area contributed by atoms with Crippen molar-refractivity contribution in [3.63, 3.8) is 0 Å². The fourth-order valence-electron chi connectivity index (χ4n) is 1.73. The molecule has 4 N–H and O–H groups in total. The van der Waals surface area contributed by atoms with Gasteiger partial charge in [0.1, 0.15) is 0 Å². The molecule has 0 aromatic rings. The van der Waals surface area contributed by atoms with Crippen molar-refractivity contribution in [2.24, 2.45) is 10.7 Å². The Bertz CT molecular complexity index is 186. The van der Waals surface area contributed by atoms with Crippen molar-refractivity contribution in [1.29, 1.82) is 0 Å². The molecule has 0 bridgehead atoms. The Balaban J connectivity index is 2.24. The van der Waals surface area contributed by atoms with E-state index in [0.717, 1.165) is 0 Å². The van der Waals surface area contributed by atoms with Gasteiger partial charge in [-0.15, -0.1) is 0 Å². The van der Waals surface area contributed by atoms with Gasteiger partial charge in [-0.05, 0) is 19.8 Å². The molecule has 1 atom stereocenters. The molecule has 0 radical (unpaired) electrons. The average Bonchev–Trinajstić information content (AvgIpc) is 2.16. The average molecular weight is 199 g/mol. The molecule has 0 saturated heterocycles. The first kappa shape index (κ1) is 11.3. The van der Waals surface area contributed by atoms with Crippen LogP contribution in [0, 0.1) is 0 Å². The predicted octanol–water partition coefficient (Wildman–Crippen LogP) is 0.604. The molecule has 4 nitrogen and oxygen atoms in total. The monoisotopic (exact) mass is 199 g/mol. The summed E-state index contributed by atoms with van der Waals surface area (Å²) in [6.45, 7) is 2.09. The highest BCUT2D eigenvalue weighted by Crippen LogP contribution is 2.16. The minimum absolute atomic E-state index is 0.381. The lowest BCUT2D eigenvalue weighted by Crippen LogP contribution is -2.41. The van der Waals surface area contributed by atoms with E-state index in [4.69, 9.17) is 10.8 Å². The summed E-state index contributed by atoms with van der Waals surface area (Å²) in [6, 6.07) is 0.487. The molecule has 1 aliphatic carbocycles. The number of nitrogens with one attached hydrogen (secondary N) is 1. The smallest absolute Gasteiger partial charge is 0.188 e. The molecule has 1 unspecified atom stereocenters. The first-order chi connectivity index (χ1) is 6.68. The van der Waals surface area contributed by atoms with Gasteiger partial charge in [0, 0.05) is 6.04 Å². The van der Waals surface area contributed by atoms with E-state index in [1.54, 1.807) is 6.92 Å². The minimum Gasteiger partial charge on any atom is -0.391 e. The number of rotatable bonds is 3. The van der Waals surface area contributed by atoms with E-state index in [0.29, 0.717) is 18.5 Å². The van der Waals surface area contributed by atoms with Crippen molar-refractivity contribution in [3.05, 3.63) is 0 Å². The Morgan fingerprint density at radius 1 is 1.50 bits per heavy atom.